The van der Waals surface area contributed by atoms with E-state index in [1.165, 1.54) is 0 Å². The summed E-state index contributed by atoms with van der Waals surface area (Å²) in [4.78, 5) is 0. The molecule has 0 atom stereocenters. The molecular weight excluding hydrogens is 220 g/mol. The van der Waals surface area contributed by atoms with E-state index in [-0.39, 0.29) is 12.4 Å². The molecule has 3 N–H and O–H groups in total. The lowest BCUT2D eigenvalue weighted by Gasteiger charge is -1.98. The zero-order valence-electron chi connectivity index (χ0n) is 8.83. The van der Waals surface area contributed by atoms with E-state index in [0.29, 0.717) is 17.2 Å². The molecule has 0 amide bonds. The topological polar surface area (TPSA) is 86.4 Å². The molecule has 6 nitrogen and oxygen atoms in total. The lowest BCUT2D eigenvalue weighted by molar-refractivity contribution is 0.276. The van der Waals surface area contributed by atoms with Gasteiger partial charge in [-0.25, -0.2) is 4.52 Å². The molecule has 2 aromatic heterocycles. The van der Waals surface area contributed by atoms with Gasteiger partial charge in [-0.2, -0.15) is 0 Å². The van der Waals surface area contributed by atoms with Gasteiger partial charge in [0.25, 0.3) is 0 Å². The number of phenols is 1. The molecule has 6 heteroatoms. The SMILES string of the molecule is OCc1cc2nnc(-c3cccc(O)c3)n2[nH]1. The number of aliphatic hydroxyl groups excluding tert-OH is 1. The highest BCUT2D eigenvalue weighted by molar-refractivity contribution is 5.60. The molecular formula is C11H10N4O2. The van der Waals surface area contributed by atoms with Crippen LogP contribution in [-0.2, 0) is 6.61 Å². The van der Waals surface area contributed by atoms with Crippen molar-refractivity contribution < 1.29 is 10.2 Å². The van der Waals surface area contributed by atoms with E-state index >= 15 is 0 Å². The number of aromatic hydroxyl groups is 1. The number of aromatic nitrogens is 4. The van der Waals surface area contributed by atoms with Crippen molar-refractivity contribution in [3.05, 3.63) is 36.0 Å². The first-order chi connectivity index (χ1) is 8.28. The van der Waals surface area contributed by atoms with E-state index in [4.69, 9.17) is 5.11 Å². The maximum Gasteiger partial charge on any atom is 0.183 e. The van der Waals surface area contributed by atoms with E-state index in [9.17, 15) is 5.11 Å². The Morgan fingerprint density at radius 3 is 2.88 bits per heavy atom. The highest BCUT2D eigenvalue weighted by Crippen LogP contribution is 2.22. The third kappa shape index (κ3) is 1.55. The molecule has 1 aromatic carbocycles. The fraction of sp³-hybridized carbons (Fsp3) is 0.0909. The van der Waals surface area contributed by atoms with Gasteiger partial charge in [0, 0.05) is 11.6 Å². The Balaban J connectivity index is 2.19. The second-order valence-electron chi connectivity index (χ2n) is 3.71. The molecule has 0 bridgehead atoms. The molecule has 0 saturated carbocycles. The number of hydrogen-bond acceptors (Lipinski definition) is 4. The van der Waals surface area contributed by atoms with Crippen LogP contribution in [0.1, 0.15) is 5.69 Å². The predicted octanol–water partition coefficient (Wildman–Crippen LogP) is 0.922. The maximum absolute atomic E-state index is 9.43. The minimum atomic E-state index is -0.0805. The van der Waals surface area contributed by atoms with Crippen LogP contribution in [0.15, 0.2) is 30.3 Å². The van der Waals surface area contributed by atoms with E-state index in [0.717, 1.165) is 5.56 Å². The molecule has 0 spiro atoms. The van der Waals surface area contributed by atoms with Gasteiger partial charge in [0.05, 0.1) is 12.3 Å². The van der Waals surface area contributed by atoms with Gasteiger partial charge >= 0.3 is 0 Å². The number of nitrogens with one attached hydrogen (secondary N) is 1. The van der Waals surface area contributed by atoms with Gasteiger partial charge in [-0.05, 0) is 12.1 Å². The van der Waals surface area contributed by atoms with Crippen LogP contribution in [-0.4, -0.2) is 30.0 Å². The quantitative estimate of drug-likeness (QED) is 0.611. The number of hydrogen-bond donors (Lipinski definition) is 3. The van der Waals surface area contributed by atoms with Gasteiger partial charge in [-0.15, -0.1) is 10.2 Å². The normalized spacial score (nSPS) is 11.1. The van der Waals surface area contributed by atoms with Gasteiger partial charge < -0.3 is 10.2 Å². The molecule has 17 heavy (non-hydrogen) atoms. The summed E-state index contributed by atoms with van der Waals surface area (Å²) < 4.78 is 1.67. The van der Waals surface area contributed by atoms with Crippen molar-refractivity contribution in [2.45, 2.75) is 6.61 Å². The van der Waals surface area contributed by atoms with Gasteiger partial charge in [-0.3, -0.25) is 5.10 Å². The minimum Gasteiger partial charge on any atom is -0.508 e. The Kier molecular flexibility index (Phi) is 2.09. The van der Waals surface area contributed by atoms with Crippen molar-refractivity contribution in [1.82, 2.24) is 19.8 Å². The molecule has 0 saturated heterocycles. The molecule has 0 fully saturated rings. The van der Waals surface area contributed by atoms with Crippen molar-refractivity contribution in [3.8, 4) is 17.1 Å². The smallest absolute Gasteiger partial charge is 0.183 e. The zero-order chi connectivity index (χ0) is 11.8. The van der Waals surface area contributed by atoms with Crippen molar-refractivity contribution in [2.24, 2.45) is 0 Å². The number of nitrogens with zero attached hydrogens (tertiary/aromatic N) is 3. The molecule has 0 unspecified atom stereocenters. The van der Waals surface area contributed by atoms with Gasteiger partial charge in [0.15, 0.2) is 11.5 Å². The standard InChI is InChI=1S/C11H10N4O2/c16-6-8-5-10-12-13-11(15(10)14-8)7-2-1-3-9(17)4-7/h1-5,14,16-17H,6H2. The molecule has 0 aliphatic carbocycles. The molecule has 86 valence electrons. The third-order valence-electron chi connectivity index (χ3n) is 2.52. The first kappa shape index (κ1) is 9.86. The van der Waals surface area contributed by atoms with Crippen LogP contribution in [0.5, 0.6) is 5.75 Å². The maximum atomic E-state index is 9.43. The Bertz CT molecular complexity index is 671. The van der Waals surface area contributed by atoms with Crippen LogP contribution < -0.4 is 0 Å². The molecule has 2 heterocycles. The number of benzene rings is 1. The Labute approximate surface area is 96.1 Å². The monoisotopic (exact) mass is 230 g/mol. The van der Waals surface area contributed by atoms with Crippen molar-refractivity contribution in [3.63, 3.8) is 0 Å². The number of phenolic OH excluding ortho intramolecular Hbond substituents is 1. The largest absolute Gasteiger partial charge is 0.508 e. The van der Waals surface area contributed by atoms with Crippen LogP contribution in [0.3, 0.4) is 0 Å². The van der Waals surface area contributed by atoms with Crippen LogP contribution in [0, 0.1) is 0 Å². The number of aliphatic hydroxyl groups is 1. The molecule has 3 aromatic rings. The summed E-state index contributed by atoms with van der Waals surface area (Å²) in [5.41, 5.74) is 2.05. The van der Waals surface area contributed by atoms with Gasteiger partial charge in [-0.1, -0.05) is 12.1 Å². The Morgan fingerprint density at radius 1 is 1.24 bits per heavy atom. The average molecular weight is 230 g/mol. The fourth-order valence-electron chi connectivity index (χ4n) is 1.74. The highest BCUT2D eigenvalue weighted by atomic mass is 16.3. The Hall–Kier alpha value is -2.34. The average Bonchev–Trinajstić information content (AvgIpc) is 2.87. The third-order valence-corrected chi connectivity index (χ3v) is 2.52. The summed E-state index contributed by atoms with van der Waals surface area (Å²) >= 11 is 0. The van der Waals surface area contributed by atoms with Crippen LogP contribution >= 0.6 is 0 Å². The summed E-state index contributed by atoms with van der Waals surface area (Å²) in [6.07, 6.45) is 0. The van der Waals surface area contributed by atoms with Crippen LogP contribution in [0.25, 0.3) is 17.0 Å². The van der Waals surface area contributed by atoms with E-state index < -0.39 is 0 Å². The van der Waals surface area contributed by atoms with E-state index in [1.54, 1.807) is 28.8 Å². The summed E-state index contributed by atoms with van der Waals surface area (Å²) in [6, 6.07) is 8.49. The van der Waals surface area contributed by atoms with Crippen molar-refractivity contribution in [2.75, 3.05) is 0 Å². The van der Waals surface area contributed by atoms with E-state index in [1.807, 2.05) is 6.07 Å². The summed E-state index contributed by atoms with van der Waals surface area (Å²) in [5.74, 6) is 0.767. The van der Waals surface area contributed by atoms with Crippen molar-refractivity contribution >= 4 is 5.65 Å². The first-order valence-corrected chi connectivity index (χ1v) is 5.11. The number of fused-ring (bicyclic) bond motifs is 1. The van der Waals surface area contributed by atoms with Crippen LogP contribution in [0.2, 0.25) is 0 Å². The van der Waals surface area contributed by atoms with Gasteiger partial charge in [0.1, 0.15) is 5.75 Å². The molecule has 0 aliphatic heterocycles. The molecule has 0 radical (unpaired) electrons. The number of H-pyrrole nitrogens is 1. The summed E-state index contributed by atoms with van der Waals surface area (Å²) in [6.45, 7) is -0.0805. The predicted molar refractivity (Wildman–Crippen MR) is 60.4 cm³/mol. The molecule has 0 aliphatic rings. The molecule has 3 rings (SSSR count). The Morgan fingerprint density at radius 2 is 2.12 bits per heavy atom. The number of aromatic amines is 1. The second kappa shape index (κ2) is 3.60. The second-order valence-corrected chi connectivity index (χ2v) is 3.71. The number of rotatable bonds is 2. The lowest BCUT2D eigenvalue weighted by Crippen LogP contribution is -1.92. The van der Waals surface area contributed by atoms with E-state index in [2.05, 4.69) is 15.3 Å². The van der Waals surface area contributed by atoms with Gasteiger partial charge in [0.2, 0.25) is 0 Å². The fourth-order valence-corrected chi connectivity index (χ4v) is 1.74. The minimum absolute atomic E-state index is 0.0805. The summed E-state index contributed by atoms with van der Waals surface area (Å²) in [7, 11) is 0. The van der Waals surface area contributed by atoms with Crippen LogP contribution in [0.4, 0.5) is 0 Å². The first-order valence-electron chi connectivity index (χ1n) is 5.11. The highest BCUT2D eigenvalue weighted by Gasteiger charge is 2.10. The summed E-state index contributed by atoms with van der Waals surface area (Å²) in [5, 5.41) is 29.4. The van der Waals surface area contributed by atoms with Crippen molar-refractivity contribution in [1.29, 1.82) is 0 Å². The lowest BCUT2D eigenvalue weighted by atomic mass is 10.2. The zero-order valence-corrected chi connectivity index (χ0v) is 8.83.